The van der Waals surface area contributed by atoms with Crippen molar-refractivity contribution in [2.75, 3.05) is 13.7 Å². The van der Waals surface area contributed by atoms with E-state index >= 15 is 0 Å². The van der Waals surface area contributed by atoms with Crippen molar-refractivity contribution < 1.29 is 19.4 Å². The Labute approximate surface area is 197 Å². The number of hydrogen-bond acceptors (Lipinski definition) is 5. The molecule has 3 N–H and O–H groups in total. The highest BCUT2D eigenvalue weighted by molar-refractivity contribution is 6.30. The molecule has 3 aromatic rings. The fourth-order valence-electron chi connectivity index (χ4n) is 3.70. The zero-order valence-electron chi connectivity index (χ0n) is 18.5. The second kappa shape index (κ2) is 11.1. The van der Waals surface area contributed by atoms with Crippen LogP contribution in [0.25, 0.3) is 11.1 Å². The lowest BCUT2D eigenvalue weighted by Crippen LogP contribution is -2.43. The van der Waals surface area contributed by atoms with Crippen LogP contribution in [-0.4, -0.2) is 52.2 Å². The highest BCUT2D eigenvalue weighted by atomic mass is 35.5. The highest BCUT2D eigenvalue weighted by Gasteiger charge is 2.36. The number of carbonyl (C=O) groups is 2. The summed E-state index contributed by atoms with van der Waals surface area (Å²) in [4.78, 5) is 24.7. The molecule has 1 aromatic heterocycles. The van der Waals surface area contributed by atoms with E-state index in [9.17, 15) is 14.7 Å². The van der Waals surface area contributed by atoms with Crippen LogP contribution in [0.15, 0.2) is 54.7 Å². The van der Waals surface area contributed by atoms with Crippen LogP contribution in [0.5, 0.6) is 0 Å². The molecule has 0 unspecified atom stereocenters. The van der Waals surface area contributed by atoms with Gasteiger partial charge in [-0.3, -0.25) is 14.7 Å². The smallest absolute Gasteiger partial charge is 0.309 e. The second-order valence-corrected chi connectivity index (χ2v) is 8.69. The van der Waals surface area contributed by atoms with Crippen LogP contribution in [0.2, 0.25) is 5.02 Å². The Kier molecular flexibility index (Phi) is 8.19. The third kappa shape index (κ3) is 6.63. The van der Waals surface area contributed by atoms with E-state index in [1.807, 2.05) is 48.5 Å². The van der Waals surface area contributed by atoms with Crippen LogP contribution >= 0.6 is 11.6 Å². The van der Waals surface area contributed by atoms with E-state index in [-0.39, 0.29) is 12.1 Å². The molecule has 0 aliphatic carbocycles. The Morgan fingerprint density at radius 1 is 1.21 bits per heavy atom. The number of aromatic nitrogens is 3. The summed E-state index contributed by atoms with van der Waals surface area (Å²) in [7, 11) is 1.54. The molecule has 2 atom stereocenters. The first-order valence-electron chi connectivity index (χ1n) is 10.6. The molecule has 0 bridgehead atoms. The van der Waals surface area contributed by atoms with Crippen LogP contribution in [0, 0.1) is 5.41 Å². The predicted octanol–water partition coefficient (Wildman–Crippen LogP) is 3.98. The monoisotopic (exact) mass is 470 g/mol. The van der Waals surface area contributed by atoms with Gasteiger partial charge in [-0.05, 0) is 55.0 Å². The van der Waals surface area contributed by atoms with Crippen molar-refractivity contribution in [1.29, 1.82) is 0 Å². The maximum atomic E-state index is 12.6. The third-order valence-corrected chi connectivity index (χ3v) is 5.88. The molecule has 2 aromatic carbocycles. The average Bonchev–Trinajstić information content (AvgIpc) is 3.33. The lowest BCUT2D eigenvalue weighted by atomic mass is 9.79. The maximum Gasteiger partial charge on any atom is 0.309 e. The SMILES string of the molecule is COCC[C@](C)(C[C@@H](Cc1ccc(-c2cccc(Cl)c2)cc1)NC(=O)c1c[nH]nn1)C(=O)O. The van der Waals surface area contributed by atoms with Crippen molar-refractivity contribution in [3.63, 3.8) is 0 Å². The van der Waals surface area contributed by atoms with Crippen LogP contribution < -0.4 is 5.32 Å². The fourth-order valence-corrected chi connectivity index (χ4v) is 3.89. The Morgan fingerprint density at radius 3 is 2.58 bits per heavy atom. The van der Waals surface area contributed by atoms with Gasteiger partial charge in [0.05, 0.1) is 11.6 Å². The minimum absolute atomic E-state index is 0.144. The molecular weight excluding hydrogens is 444 g/mol. The number of nitrogens with one attached hydrogen (secondary N) is 2. The van der Waals surface area contributed by atoms with Crippen molar-refractivity contribution in [1.82, 2.24) is 20.7 Å². The molecule has 0 saturated heterocycles. The van der Waals surface area contributed by atoms with Crippen LogP contribution in [0.1, 0.15) is 35.8 Å². The summed E-state index contributed by atoms with van der Waals surface area (Å²) in [6.07, 6.45) is 2.40. The van der Waals surface area contributed by atoms with Gasteiger partial charge in [0.25, 0.3) is 5.91 Å². The number of carbonyl (C=O) groups excluding carboxylic acids is 1. The number of hydrogen-bond donors (Lipinski definition) is 3. The highest BCUT2D eigenvalue weighted by Crippen LogP contribution is 2.30. The number of carboxylic acid groups (broad SMARTS) is 1. The summed E-state index contributed by atoms with van der Waals surface area (Å²) in [5.41, 5.74) is 2.05. The van der Waals surface area contributed by atoms with E-state index in [1.165, 1.54) is 13.3 Å². The number of carboxylic acids is 1. The fraction of sp³-hybridized carbons (Fsp3) is 0.333. The molecule has 0 aliphatic rings. The Balaban J connectivity index is 1.80. The van der Waals surface area contributed by atoms with Gasteiger partial charge in [-0.25, -0.2) is 0 Å². The number of halogens is 1. The number of aliphatic carboxylic acids is 1. The van der Waals surface area contributed by atoms with Gasteiger partial charge in [-0.15, -0.1) is 5.10 Å². The van der Waals surface area contributed by atoms with Crippen molar-refractivity contribution in [2.24, 2.45) is 5.41 Å². The van der Waals surface area contributed by atoms with Gasteiger partial charge in [0, 0.05) is 24.8 Å². The summed E-state index contributed by atoms with van der Waals surface area (Å²) in [5.74, 6) is -1.35. The van der Waals surface area contributed by atoms with E-state index in [0.29, 0.717) is 24.5 Å². The van der Waals surface area contributed by atoms with Crippen LogP contribution in [0.3, 0.4) is 0 Å². The summed E-state index contributed by atoms with van der Waals surface area (Å²) in [6.45, 7) is 1.98. The molecule has 0 spiro atoms. The van der Waals surface area contributed by atoms with E-state index in [2.05, 4.69) is 20.7 Å². The number of methoxy groups -OCH3 is 1. The summed E-state index contributed by atoms with van der Waals surface area (Å²) in [6, 6.07) is 15.1. The number of ether oxygens (including phenoxy) is 1. The van der Waals surface area contributed by atoms with Gasteiger partial charge in [0.2, 0.25) is 0 Å². The molecule has 0 saturated carbocycles. The lowest BCUT2D eigenvalue weighted by Gasteiger charge is -2.30. The first-order valence-corrected chi connectivity index (χ1v) is 10.9. The maximum absolute atomic E-state index is 12.6. The van der Waals surface area contributed by atoms with Crippen molar-refractivity contribution in [2.45, 2.75) is 32.2 Å². The topological polar surface area (TPSA) is 117 Å². The van der Waals surface area contributed by atoms with E-state index < -0.39 is 23.3 Å². The van der Waals surface area contributed by atoms with Gasteiger partial charge in [-0.1, -0.05) is 53.2 Å². The lowest BCUT2D eigenvalue weighted by molar-refractivity contribution is -0.149. The zero-order valence-corrected chi connectivity index (χ0v) is 19.3. The molecule has 9 heteroatoms. The quantitative estimate of drug-likeness (QED) is 0.390. The number of benzene rings is 2. The molecule has 8 nitrogen and oxygen atoms in total. The van der Waals surface area contributed by atoms with Crippen LogP contribution in [0.4, 0.5) is 0 Å². The van der Waals surface area contributed by atoms with Gasteiger partial charge < -0.3 is 15.2 Å². The molecule has 174 valence electrons. The van der Waals surface area contributed by atoms with Gasteiger partial charge in [0.15, 0.2) is 5.69 Å². The van der Waals surface area contributed by atoms with Crippen LogP contribution in [-0.2, 0) is 16.0 Å². The van der Waals surface area contributed by atoms with Crippen molar-refractivity contribution >= 4 is 23.5 Å². The molecule has 0 fully saturated rings. The predicted molar refractivity (Wildman–Crippen MR) is 125 cm³/mol. The van der Waals surface area contributed by atoms with Gasteiger partial charge in [-0.2, -0.15) is 0 Å². The van der Waals surface area contributed by atoms with Crippen molar-refractivity contribution in [3.05, 3.63) is 71.0 Å². The van der Waals surface area contributed by atoms with Gasteiger partial charge >= 0.3 is 5.97 Å². The number of amides is 1. The minimum atomic E-state index is -1.07. The zero-order chi connectivity index (χ0) is 23.8. The Bertz CT molecular complexity index is 1070. The van der Waals surface area contributed by atoms with Crippen molar-refractivity contribution in [3.8, 4) is 11.1 Å². The molecule has 1 amide bonds. The summed E-state index contributed by atoms with van der Waals surface area (Å²) < 4.78 is 5.11. The largest absolute Gasteiger partial charge is 0.481 e. The first-order chi connectivity index (χ1) is 15.8. The molecule has 3 rings (SSSR count). The molecule has 0 aliphatic heterocycles. The summed E-state index contributed by atoms with van der Waals surface area (Å²) >= 11 is 6.10. The third-order valence-electron chi connectivity index (χ3n) is 5.65. The van der Waals surface area contributed by atoms with E-state index in [1.54, 1.807) is 6.92 Å². The molecule has 0 radical (unpaired) electrons. The Morgan fingerprint density at radius 2 is 1.97 bits per heavy atom. The van der Waals surface area contributed by atoms with E-state index in [0.717, 1.165) is 16.7 Å². The number of nitrogens with zero attached hydrogens (tertiary/aromatic N) is 2. The Hall–Kier alpha value is -3.23. The van der Waals surface area contributed by atoms with E-state index in [4.69, 9.17) is 16.3 Å². The summed E-state index contributed by atoms with van der Waals surface area (Å²) in [5, 5.41) is 23.3. The number of rotatable bonds is 11. The standard InChI is InChI=1S/C24H27ClN4O4/c1-24(23(31)32,10-11-33-2)14-20(27-22(30)21-15-26-29-28-21)12-16-6-8-17(9-7-16)18-4-3-5-19(25)13-18/h3-9,13,15,20H,10-12,14H2,1-2H3,(H,27,30)(H,31,32)(H,26,28,29)/t20-,24-/m1/s1. The molecular formula is C24H27ClN4O4. The molecule has 1 heterocycles. The minimum Gasteiger partial charge on any atom is -0.481 e. The normalized spacial score (nSPS) is 13.8. The average molecular weight is 471 g/mol. The number of H-pyrrole nitrogens is 1. The van der Waals surface area contributed by atoms with Gasteiger partial charge in [0.1, 0.15) is 0 Å². The molecule has 33 heavy (non-hydrogen) atoms. The first kappa shape index (κ1) is 24.4. The number of aromatic amines is 1. The second-order valence-electron chi connectivity index (χ2n) is 8.25.